The third-order valence-electron chi connectivity index (χ3n) is 5.89. The van der Waals surface area contributed by atoms with Crippen molar-refractivity contribution < 1.29 is 27.4 Å². The first-order valence-corrected chi connectivity index (χ1v) is 12.1. The Morgan fingerprint density at radius 1 is 1.12 bits per heavy atom. The molecule has 0 spiro atoms. The van der Waals surface area contributed by atoms with Gasteiger partial charge in [0.05, 0.1) is 23.6 Å². The number of aromatic nitrogens is 1. The normalized spacial score (nSPS) is 17.7. The molecule has 0 bridgehead atoms. The maximum Gasteiger partial charge on any atom is 0.252 e. The fraction of sp³-hybridized carbons (Fsp3) is 0.348. The predicted molar refractivity (Wildman–Crippen MR) is 120 cm³/mol. The van der Waals surface area contributed by atoms with Crippen molar-refractivity contribution in [3.8, 4) is 17.2 Å². The molecule has 2 aliphatic rings. The average Bonchev–Trinajstić information content (AvgIpc) is 3.49. The molecule has 1 aromatic heterocycles. The van der Waals surface area contributed by atoms with Crippen LogP contribution in [0.15, 0.2) is 52.2 Å². The highest BCUT2D eigenvalue weighted by molar-refractivity contribution is 7.89. The summed E-state index contributed by atoms with van der Waals surface area (Å²) in [6.07, 6.45) is 1.43. The zero-order chi connectivity index (χ0) is 23.0. The highest BCUT2D eigenvalue weighted by atomic mass is 32.2. The number of hydrogen-bond acceptors (Lipinski definition) is 7. The molecule has 174 valence electrons. The lowest BCUT2D eigenvalue weighted by Crippen LogP contribution is -2.38. The van der Waals surface area contributed by atoms with Crippen LogP contribution in [0.2, 0.25) is 0 Å². The van der Waals surface area contributed by atoms with Gasteiger partial charge >= 0.3 is 0 Å². The van der Waals surface area contributed by atoms with Crippen molar-refractivity contribution in [1.29, 1.82) is 0 Å². The molecule has 2 aromatic carbocycles. The summed E-state index contributed by atoms with van der Waals surface area (Å²) in [4.78, 5) is 15.8. The van der Waals surface area contributed by atoms with Crippen LogP contribution in [0.1, 0.15) is 18.4 Å². The Morgan fingerprint density at radius 3 is 2.58 bits per heavy atom. The number of fused-ring (bicyclic) bond motifs is 2. The number of methoxy groups -OCH3 is 1. The van der Waals surface area contributed by atoms with Crippen LogP contribution in [0.5, 0.6) is 17.2 Å². The van der Waals surface area contributed by atoms with E-state index in [1.807, 2.05) is 0 Å². The number of sulfonamides is 1. The van der Waals surface area contributed by atoms with Crippen molar-refractivity contribution in [2.75, 3.05) is 27.1 Å². The summed E-state index contributed by atoms with van der Waals surface area (Å²) >= 11 is 0. The van der Waals surface area contributed by atoms with E-state index in [0.29, 0.717) is 34.9 Å². The van der Waals surface area contributed by atoms with Crippen molar-refractivity contribution in [3.05, 3.63) is 58.4 Å². The lowest BCUT2D eigenvalue weighted by Gasteiger charge is -2.25. The minimum atomic E-state index is -3.89. The second-order valence-electron chi connectivity index (χ2n) is 8.02. The van der Waals surface area contributed by atoms with E-state index in [0.717, 1.165) is 18.2 Å². The molecule has 1 fully saturated rings. The zero-order valence-corrected chi connectivity index (χ0v) is 18.9. The lowest BCUT2D eigenvalue weighted by atomic mass is 10.1. The number of ether oxygens (including phenoxy) is 4. The third-order valence-corrected chi connectivity index (χ3v) is 7.72. The Morgan fingerprint density at radius 2 is 1.88 bits per heavy atom. The quantitative estimate of drug-likeness (QED) is 0.563. The molecule has 0 aliphatic carbocycles. The van der Waals surface area contributed by atoms with E-state index in [9.17, 15) is 13.2 Å². The number of benzene rings is 2. The smallest absolute Gasteiger partial charge is 0.252 e. The van der Waals surface area contributed by atoms with E-state index in [2.05, 4.69) is 4.98 Å². The van der Waals surface area contributed by atoms with Gasteiger partial charge in [0.25, 0.3) is 5.56 Å². The maximum atomic E-state index is 13.5. The van der Waals surface area contributed by atoms with Gasteiger partial charge in [0, 0.05) is 36.7 Å². The molecule has 3 heterocycles. The number of nitrogens with one attached hydrogen (secondary N) is 1. The minimum Gasteiger partial charge on any atom is -0.497 e. The Hall–Kier alpha value is -3.08. The van der Waals surface area contributed by atoms with E-state index in [4.69, 9.17) is 18.9 Å². The monoisotopic (exact) mass is 472 g/mol. The van der Waals surface area contributed by atoms with Crippen molar-refractivity contribution >= 4 is 20.9 Å². The summed E-state index contributed by atoms with van der Waals surface area (Å²) in [6, 6.07) is 11.4. The van der Waals surface area contributed by atoms with Gasteiger partial charge in [-0.3, -0.25) is 4.79 Å². The molecule has 0 radical (unpaired) electrons. The second kappa shape index (κ2) is 8.69. The number of rotatable bonds is 7. The van der Waals surface area contributed by atoms with Crippen LogP contribution in [0.3, 0.4) is 0 Å². The second-order valence-corrected chi connectivity index (χ2v) is 9.96. The van der Waals surface area contributed by atoms with Crippen LogP contribution >= 0.6 is 0 Å². The van der Waals surface area contributed by atoms with Crippen molar-refractivity contribution in [2.24, 2.45) is 0 Å². The molecule has 9 nitrogen and oxygen atoms in total. The highest BCUT2D eigenvalue weighted by Gasteiger charge is 2.30. The van der Waals surface area contributed by atoms with Gasteiger partial charge in [0.1, 0.15) is 5.75 Å². The molecule has 0 amide bonds. The minimum absolute atomic E-state index is 0.0893. The lowest BCUT2D eigenvalue weighted by molar-refractivity contribution is 0.0925. The van der Waals surface area contributed by atoms with Crippen molar-refractivity contribution in [3.63, 3.8) is 0 Å². The van der Waals surface area contributed by atoms with E-state index in [1.54, 1.807) is 30.3 Å². The average molecular weight is 473 g/mol. The number of hydrogen-bond donors (Lipinski definition) is 1. The van der Waals surface area contributed by atoms with E-state index >= 15 is 0 Å². The van der Waals surface area contributed by atoms with Crippen LogP contribution in [-0.2, 0) is 21.3 Å². The Labute approximate surface area is 190 Å². The van der Waals surface area contributed by atoms with Gasteiger partial charge in [-0.2, -0.15) is 4.31 Å². The van der Waals surface area contributed by atoms with E-state index in [1.165, 1.54) is 23.5 Å². The molecular formula is C23H24N2O7S. The van der Waals surface area contributed by atoms with Gasteiger partial charge in [-0.05, 0) is 49.2 Å². The number of H-pyrrole nitrogens is 1. The standard InChI is InChI=1S/C23H24N2O7S/c1-29-17-4-6-19(7-5-17)33(27,28)25(13-18-3-2-8-30-18)12-16-9-15-10-21-22(32-14-31-21)11-20(15)24-23(16)26/h4-7,9-11,18H,2-3,8,12-14H2,1H3,(H,24,26). The summed E-state index contributed by atoms with van der Waals surface area (Å²) in [6.45, 7) is 0.795. The van der Waals surface area contributed by atoms with Gasteiger partial charge in [0.2, 0.25) is 16.8 Å². The molecule has 5 rings (SSSR count). The molecule has 10 heteroatoms. The summed E-state index contributed by atoms with van der Waals surface area (Å²) in [5, 5.41) is 0.729. The molecule has 1 unspecified atom stereocenters. The molecular weight excluding hydrogens is 448 g/mol. The van der Waals surface area contributed by atoms with E-state index in [-0.39, 0.29) is 36.4 Å². The maximum absolute atomic E-state index is 13.5. The molecule has 1 N–H and O–H groups in total. The first kappa shape index (κ1) is 21.7. The van der Waals surface area contributed by atoms with Crippen LogP contribution in [0, 0.1) is 0 Å². The largest absolute Gasteiger partial charge is 0.497 e. The molecule has 0 saturated carbocycles. The zero-order valence-electron chi connectivity index (χ0n) is 18.1. The van der Waals surface area contributed by atoms with Crippen LogP contribution in [-0.4, -0.2) is 50.9 Å². The van der Waals surface area contributed by atoms with Gasteiger partial charge in [-0.1, -0.05) is 0 Å². The molecule has 1 saturated heterocycles. The Bertz CT molecular complexity index is 1330. The number of nitrogens with zero attached hydrogens (tertiary/aromatic N) is 1. The number of aromatic amines is 1. The summed E-state index contributed by atoms with van der Waals surface area (Å²) in [5.41, 5.74) is 0.566. The first-order chi connectivity index (χ1) is 15.9. The molecule has 3 aromatic rings. The van der Waals surface area contributed by atoms with E-state index < -0.39 is 10.0 Å². The molecule has 2 aliphatic heterocycles. The predicted octanol–water partition coefficient (Wildman–Crippen LogP) is 2.64. The highest BCUT2D eigenvalue weighted by Crippen LogP contribution is 2.35. The van der Waals surface area contributed by atoms with Crippen molar-refractivity contribution in [1.82, 2.24) is 9.29 Å². The Kier molecular flexibility index (Phi) is 5.73. The SMILES string of the molecule is COc1ccc(S(=O)(=O)N(Cc2cc3cc4c(cc3[nH]c2=O)OCO4)CC2CCCO2)cc1. The molecule has 33 heavy (non-hydrogen) atoms. The van der Waals surface area contributed by atoms with Gasteiger partial charge in [0.15, 0.2) is 11.5 Å². The van der Waals surface area contributed by atoms with Crippen LogP contribution in [0.25, 0.3) is 10.9 Å². The van der Waals surface area contributed by atoms with Gasteiger partial charge in [-0.25, -0.2) is 8.42 Å². The van der Waals surface area contributed by atoms with Crippen molar-refractivity contribution in [2.45, 2.75) is 30.4 Å². The first-order valence-electron chi connectivity index (χ1n) is 10.7. The summed E-state index contributed by atoms with van der Waals surface area (Å²) in [7, 11) is -2.37. The fourth-order valence-corrected chi connectivity index (χ4v) is 5.56. The van der Waals surface area contributed by atoms with Crippen LogP contribution < -0.4 is 19.8 Å². The van der Waals surface area contributed by atoms with Crippen LogP contribution in [0.4, 0.5) is 0 Å². The topological polar surface area (TPSA) is 107 Å². The molecule has 1 atom stereocenters. The number of pyridine rings is 1. The van der Waals surface area contributed by atoms with Gasteiger partial charge < -0.3 is 23.9 Å². The van der Waals surface area contributed by atoms with Gasteiger partial charge in [-0.15, -0.1) is 0 Å². The Balaban J connectivity index is 1.51. The summed E-state index contributed by atoms with van der Waals surface area (Å²) in [5.74, 6) is 1.71. The fourth-order valence-electron chi connectivity index (χ4n) is 4.11. The summed E-state index contributed by atoms with van der Waals surface area (Å²) < 4.78 is 50.0. The third kappa shape index (κ3) is 4.29.